The van der Waals surface area contributed by atoms with Crippen LogP contribution in [0.3, 0.4) is 0 Å². The van der Waals surface area contributed by atoms with E-state index in [2.05, 4.69) is 35.4 Å². The van der Waals surface area contributed by atoms with Crippen molar-refractivity contribution in [2.24, 2.45) is 0 Å². The minimum absolute atomic E-state index is 0.575. The van der Waals surface area contributed by atoms with E-state index in [1.165, 1.54) is 4.88 Å². The first-order valence-electron chi connectivity index (χ1n) is 6.44. The summed E-state index contributed by atoms with van der Waals surface area (Å²) in [4.78, 5) is 9.00. The Morgan fingerprint density at radius 3 is 2.90 bits per heavy atom. The lowest BCUT2D eigenvalue weighted by Crippen LogP contribution is -2.24. The van der Waals surface area contributed by atoms with Gasteiger partial charge in [0.1, 0.15) is 5.76 Å². The summed E-state index contributed by atoms with van der Waals surface area (Å²) in [6.45, 7) is 9.75. The van der Waals surface area contributed by atoms with Crippen molar-refractivity contribution in [1.82, 2.24) is 9.88 Å². The van der Waals surface area contributed by atoms with Gasteiger partial charge in [-0.05, 0) is 26.0 Å². The molecule has 4 heteroatoms. The molecule has 0 spiro atoms. The summed E-state index contributed by atoms with van der Waals surface area (Å²) in [5, 5.41) is 0. The molecule has 0 aromatic carbocycles. The molecule has 2 heterocycles. The molecule has 2 rings (SSSR count). The molecule has 0 atom stereocenters. The average molecular weight is 286 g/mol. The van der Waals surface area contributed by atoms with E-state index < -0.39 is 0 Å². The molecular formula is C16H18N2OS. The van der Waals surface area contributed by atoms with Crippen LogP contribution in [0.4, 0.5) is 0 Å². The van der Waals surface area contributed by atoms with Gasteiger partial charge in [-0.2, -0.15) is 0 Å². The number of aryl methyl sites for hydroxylation is 2. The van der Waals surface area contributed by atoms with E-state index in [0.29, 0.717) is 19.0 Å². The molecule has 0 unspecified atom stereocenters. The van der Waals surface area contributed by atoms with E-state index in [1.54, 1.807) is 11.3 Å². The van der Waals surface area contributed by atoms with Crippen LogP contribution in [-0.2, 0) is 6.54 Å². The van der Waals surface area contributed by atoms with Crippen LogP contribution in [0, 0.1) is 26.2 Å². The molecule has 104 valence electrons. The Morgan fingerprint density at radius 1 is 1.50 bits per heavy atom. The average Bonchev–Trinajstić information content (AvgIpc) is 2.97. The zero-order valence-electron chi connectivity index (χ0n) is 11.8. The van der Waals surface area contributed by atoms with Gasteiger partial charge in [0.05, 0.1) is 17.1 Å². The second kappa shape index (κ2) is 6.56. The first-order valence-corrected chi connectivity index (χ1v) is 7.25. The fourth-order valence-electron chi connectivity index (χ4n) is 1.94. The molecule has 0 bridgehead atoms. The molecule has 0 aliphatic rings. The number of nitrogens with zero attached hydrogens (tertiary/aromatic N) is 2. The Labute approximate surface area is 123 Å². The Hall–Kier alpha value is -1.83. The van der Waals surface area contributed by atoms with Crippen molar-refractivity contribution in [1.29, 1.82) is 0 Å². The number of thiophene rings is 1. The number of oxazole rings is 1. The predicted octanol–water partition coefficient (Wildman–Crippen LogP) is 3.64. The molecule has 3 nitrogen and oxygen atoms in total. The highest BCUT2D eigenvalue weighted by Gasteiger charge is 2.15. The van der Waals surface area contributed by atoms with Gasteiger partial charge in [0.25, 0.3) is 0 Å². The van der Waals surface area contributed by atoms with E-state index >= 15 is 0 Å². The maximum atomic E-state index is 5.77. The Balaban J connectivity index is 2.19. The van der Waals surface area contributed by atoms with Crippen molar-refractivity contribution in [2.45, 2.75) is 20.4 Å². The van der Waals surface area contributed by atoms with Crippen molar-refractivity contribution < 1.29 is 4.42 Å². The van der Waals surface area contributed by atoms with Crippen LogP contribution < -0.4 is 0 Å². The molecule has 0 saturated carbocycles. The van der Waals surface area contributed by atoms with Gasteiger partial charge in [0.2, 0.25) is 5.89 Å². The second-order valence-electron chi connectivity index (χ2n) is 4.59. The van der Waals surface area contributed by atoms with Gasteiger partial charge in [-0.3, -0.25) is 4.90 Å². The van der Waals surface area contributed by atoms with Crippen LogP contribution in [0.5, 0.6) is 0 Å². The summed E-state index contributed by atoms with van der Waals surface area (Å²) in [6, 6.07) is 4.11. The normalized spacial score (nSPS) is 10.7. The zero-order valence-corrected chi connectivity index (χ0v) is 12.7. The van der Waals surface area contributed by atoms with Crippen LogP contribution in [0.15, 0.2) is 29.2 Å². The Bertz CT molecular complexity index is 633. The van der Waals surface area contributed by atoms with Crippen LogP contribution in [0.2, 0.25) is 0 Å². The van der Waals surface area contributed by atoms with Crippen molar-refractivity contribution >= 4 is 11.3 Å². The molecule has 0 saturated heterocycles. The highest BCUT2D eigenvalue weighted by molar-refractivity contribution is 7.15. The Morgan fingerprint density at radius 2 is 2.30 bits per heavy atom. The van der Waals surface area contributed by atoms with Gasteiger partial charge < -0.3 is 4.42 Å². The molecule has 0 aliphatic carbocycles. The highest BCUT2D eigenvalue weighted by atomic mass is 32.1. The third kappa shape index (κ3) is 3.38. The summed E-state index contributed by atoms with van der Waals surface area (Å²) in [6.07, 6.45) is 7.23. The number of hydrogen-bond donors (Lipinski definition) is 0. The fourth-order valence-corrected chi connectivity index (χ4v) is 2.73. The molecule has 0 radical (unpaired) electrons. The predicted molar refractivity (Wildman–Crippen MR) is 83.6 cm³/mol. The molecule has 0 fully saturated rings. The molecule has 2 aromatic heterocycles. The van der Waals surface area contributed by atoms with Crippen molar-refractivity contribution in [3.8, 4) is 23.1 Å². The smallest absolute Gasteiger partial charge is 0.236 e. The lowest BCUT2D eigenvalue weighted by atomic mass is 10.3. The third-order valence-corrected chi connectivity index (χ3v) is 3.91. The van der Waals surface area contributed by atoms with Crippen molar-refractivity contribution in [3.63, 3.8) is 0 Å². The SMILES string of the molecule is C#CCN(CC=C)Cc1nc(-c2ccc(C)s2)oc1C. The van der Waals surface area contributed by atoms with Crippen molar-refractivity contribution in [2.75, 3.05) is 13.1 Å². The lowest BCUT2D eigenvalue weighted by Gasteiger charge is -2.15. The zero-order chi connectivity index (χ0) is 14.5. The molecular weight excluding hydrogens is 268 g/mol. The summed E-state index contributed by atoms with van der Waals surface area (Å²) >= 11 is 1.68. The summed E-state index contributed by atoms with van der Waals surface area (Å²) in [7, 11) is 0. The van der Waals surface area contributed by atoms with Gasteiger partial charge in [0.15, 0.2) is 0 Å². The van der Waals surface area contributed by atoms with E-state index in [-0.39, 0.29) is 0 Å². The summed E-state index contributed by atoms with van der Waals surface area (Å²) in [5.74, 6) is 4.19. The maximum absolute atomic E-state index is 5.77. The highest BCUT2D eigenvalue weighted by Crippen LogP contribution is 2.28. The quantitative estimate of drug-likeness (QED) is 0.600. The van der Waals surface area contributed by atoms with E-state index in [1.807, 2.05) is 19.1 Å². The first-order chi connectivity index (χ1) is 9.63. The molecule has 20 heavy (non-hydrogen) atoms. The van der Waals surface area contributed by atoms with Crippen LogP contribution in [0.25, 0.3) is 10.8 Å². The van der Waals surface area contributed by atoms with E-state index in [0.717, 1.165) is 22.9 Å². The summed E-state index contributed by atoms with van der Waals surface area (Å²) < 4.78 is 5.77. The number of terminal acetylenes is 1. The molecule has 2 aromatic rings. The number of rotatable bonds is 6. The summed E-state index contributed by atoms with van der Waals surface area (Å²) in [5.41, 5.74) is 0.933. The minimum Gasteiger partial charge on any atom is -0.440 e. The minimum atomic E-state index is 0.575. The standard InChI is InChI=1S/C16H18N2OS/c1-5-9-18(10-6-2)11-14-13(4)19-16(17-14)15-8-7-12(3)20-15/h1,6-8H,2,9-11H2,3-4H3. The largest absolute Gasteiger partial charge is 0.440 e. The lowest BCUT2D eigenvalue weighted by molar-refractivity contribution is 0.326. The number of hydrogen-bond acceptors (Lipinski definition) is 4. The first kappa shape index (κ1) is 14.6. The molecule has 0 N–H and O–H groups in total. The van der Waals surface area contributed by atoms with Crippen LogP contribution in [0.1, 0.15) is 16.3 Å². The topological polar surface area (TPSA) is 29.3 Å². The third-order valence-electron chi connectivity index (χ3n) is 2.92. The number of aromatic nitrogens is 1. The second-order valence-corrected chi connectivity index (χ2v) is 5.88. The van der Waals surface area contributed by atoms with Crippen LogP contribution in [-0.4, -0.2) is 23.0 Å². The van der Waals surface area contributed by atoms with Gasteiger partial charge in [-0.1, -0.05) is 12.0 Å². The Kier molecular flexibility index (Phi) is 4.78. The van der Waals surface area contributed by atoms with Gasteiger partial charge in [0, 0.05) is 18.0 Å². The maximum Gasteiger partial charge on any atom is 0.236 e. The van der Waals surface area contributed by atoms with Gasteiger partial charge in [-0.15, -0.1) is 24.3 Å². The molecule has 0 amide bonds. The van der Waals surface area contributed by atoms with Gasteiger partial charge in [-0.25, -0.2) is 4.98 Å². The van der Waals surface area contributed by atoms with E-state index in [4.69, 9.17) is 10.8 Å². The fraction of sp³-hybridized carbons (Fsp3) is 0.312. The van der Waals surface area contributed by atoms with Gasteiger partial charge >= 0.3 is 0 Å². The van der Waals surface area contributed by atoms with E-state index in [9.17, 15) is 0 Å². The molecule has 0 aliphatic heterocycles. The monoisotopic (exact) mass is 286 g/mol. The van der Waals surface area contributed by atoms with Crippen molar-refractivity contribution in [3.05, 3.63) is 41.1 Å². The van der Waals surface area contributed by atoms with Crippen LogP contribution >= 0.6 is 11.3 Å².